The number of amides is 6. The highest BCUT2D eigenvalue weighted by Crippen LogP contribution is 2.20. The van der Waals surface area contributed by atoms with Gasteiger partial charge < -0.3 is 63.7 Å². The van der Waals surface area contributed by atoms with E-state index in [1.807, 2.05) is 36.4 Å². The molecule has 4 aromatic carbocycles. The summed E-state index contributed by atoms with van der Waals surface area (Å²) < 4.78 is 0. The highest BCUT2D eigenvalue weighted by molar-refractivity contribution is 7.80. The third-order valence-electron chi connectivity index (χ3n) is 11.5. The predicted octanol–water partition coefficient (Wildman–Crippen LogP) is 0.514. The van der Waals surface area contributed by atoms with Crippen LogP contribution in [0.25, 0.3) is 10.9 Å². The monoisotopic (exact) mass is 979 g/mol. The van der Waals surface area contributed by atoms with Crippen molar-refractivity contribution in [2.24, 2.45) is 11.5 Å². The first-order chi connectivity index (χ1) is 33.6. The number of carboxylic acid groups (broad SMARTS) is 1. The summed E-state index contributed by atoms with van der Waals surface area (Å²) >= 11 is 4.30. The van der Waals surface area contributed by atoms with Crippen LogP contribution in [-0.2, 0) is 59.2 Å². The molecule has 5 rings (SSSR count). The lowest BCUT2D eigenvalue weighted by molar-refractivity contribution is -0.143. The molecule has 70 heavy (non-hydrogen) atoms. The molecule has 0 radical (unpaired) electrons. The van der Waals surface area contributed by atoms with E-state index in [4.69, 9.17) is 11.5 Å². The number of hydrogen-bond donors (Lipinski definition) is 13. The quantitative estimate of drug-likeness (QED) is 0.0338. The molecule has 372 valence electrons. The second kappa shape index (κ2) is 26.5. The molecule has 0 aliphatic carbocycles. The van der Waals surface area contributed by atoms with E-state index in [1.54, 1.807) is 66.9 Å². The second-order valence-corrected chi connectivity index (χ2v) is 17.3. The van der Waals surface area contributed by atoms with Crippen LogP contribution in [-0.4, -0.2) is 122 Å². The number of nitrogens with one attached hydrogen (secondary N) is 7. The van der Waals surface area contributed by atoms with Crippen molar-refractivity contribution >= 4 is 64.9 Å². The number of phenols is 1. The van der Waals surface area contributed by atoms with Gasteiger partial charge >= 0.3 is 5.97 Å². The van der Waals surface area contributed by atoms with Gasteiger partial charge in [-0.25, -0.2) is 4.79 Å². The molecule has 0 spiro atoms. The Labute approximate surface area is 410 Å². The summed E-state index contributed by atoms with van der Waals surface area (Å²) in [5.74, 6) is -6.55. The van der Waals surface area contributed by atoms with Crippen molar-refractivity contribution in [1.82, 2.24) is 36.9 Å². The molecule has 8 atom stereocenters. The molecule has 14 N–H and O–H groups in total. The number of aliphatic hydroxyl groups is 1. The van der Waals surface area contributed by atoms with Crippen molar-refractivity contribution in [2.75, 3.05) is 12.3 Å². The predicted molar refractivity (Wildman–Crippen MR) is 265 cm³/mol. The van der Waals surface area contributed by atoms with Gasteiger partial charge in [0.25, 0.3) is 0 Å². The summed E-state index contributed by atoms with van der Waals surface area (Å²) in [6.45, 7) is 1.33. The third-order valence-corrected chi connectivity index (χ3v) is 11.8. The van der Waals surface area contributed by atoms with Crippen LogP contribution in [0.2, 0.25) is 0 Å². The Morgan fingerprint density at radius 3 is 1.66 bits per heavy atom. The van der Waals surface area contributed by atoms with Gasteiger partial charge in [-0.15, -0.1) is 0 Å². The van der Waals surface area contributed by atoms with Crippen molar-refractivity contribution in [3.63, 3.8) is 0 Å². The Bertz CT molecular complexity index is 2550. The highest BCUT2D eigenvalue weighted by Gasteiger charge is 2.35. The van der Waals surface area contributed by atoms with Crippen molar-refractivity contribution in [1.29, 1.82) is 0 Å². The number of fused-ring (bicyclic) bond motifs is 1. The molecule has 0 bridgehead atoms. The molecule has 0 saturated heterocycles. The van der Waals surface area contributed by atoms with E-state index in [2.05, 4.69) is 49.5 Å². The molecule has 0 unspecified atom stereocenters. The SMILES string of the molecule is C[C@@H](O)[C@H](NC(=O)[C@H](CCCN)NC(=O)[C@@H](Cc1c[nH]c2ccccc12)NC(=O)[C@H](Cc1ccc(O)cc1)NC(=O)[C@H](CS)NC(=O)[C@H](N)Cc1ccccc1)C(=O)N[C@@H](Cc1ccccc1)C(=O)O. The van der Waals surface area contributed by atoms with Crippen molar-refractivity contribution < 1.29 is 48.9 Å². The van der Waals surface area contributed by atoms with Gasteiger partial charge in [0.15, 0.2) is 0 Å². The maximum Gasteiger partial charge on any atom is 0.326 e. The average molecular weight is 980 g/mol. The van der Waals surface area contributed by atoms with Crippen molar-refractivity contribution in [3.8, 4) is 5.75 Å². The number of para-hydroxylation sites is 1. The Morgan fingerprint density at radius 2 is 1.07 bits per heavy atom. The number of aromatic hydroxyl groups is 1. The van der Waals surface area contributed by atoms with Crippen LogP contribution in [0, 0.1) is 0 Å². The number of carboxylic acids is 1. The zero-order valence-corrected chi connectivity index (χ0v) is 39.4. The fraction of sp³-hybridized carbons (Fsp3) is 0.340. The molecule has 20 heteroatoms. The van der Waals surface area contributed by atoms with Crippen LogP contribution in [0.4, 0.5) is 0 Å². The smallest absolute Gasteiger partial charge is 0.326 e. The number of carbonyl (C=O) groups excluding carboxylic acids is 6. The third kappa shape index (κ3) is 15.9. The summed E-state index contributed by atoms with van der Waals surface area (Å²) in [6, 6.07) is 21.2. The first kappa shape index (κ1) is 53.7. The molecular formula is C50H61N9O10S. The van der Waals surface area contributed by atoms with Gasteiger partial charge in [0.05, 0.1) is 12.1 Å². The molecule has 5 aromatic rings. The fourth-order valence-electron chi connectivity index (χ4n) is 7.62. The van der Waals surface area contributed by atoms with E-state index in [9.17, 15) is 48.9 Å². The van der Waals surface area contributed by atoms with Gasteiger partial charge in [0, 0.05) is 42.1 Å². The minimum Gasteiger partial charge on any atom is -0.508 e. The number of aliphatic carboxylic acids is 1. The number of carbonyl (C=O) groups is 7. The van der Waals surface area contributed by atoms with E-state index >= 15 is 0 Å². The first-order valence-corrected chi connectivity index (χ1v) is 23.4. The number of hydrogen-bond acceptors (Lipinski definition) is 12. The standard InChI is InChI=1S/C50H61N9O10S/c1-29(60)43(49(67)57-41(50(68)69)25-31-13-6-3-7-14-31)59-45(63)38(17-10-22-51)54-47(65)40(26-33-27-53-37-16-9-8-15-35(33)37)56-46(64)39(24-32-18-20-34(61)21-19-32)55-48(66)42(28-70)58-44(62)36(52)23-30-11-4-2-5-12-30/h2-9,11-16,18-21,27,29,36,38-43,53,60-61,70H,10,17,22-26,28,51-52H2,1H3,(H,54,65)(H,55,66)(H,56,64)(H,57,67)(H,58,62)(H,59,63)(H,68,69)/t29-,36-,38+,39+,40-,41+,42+,43+/m1/s1. The minimum atomic E-state index is -1.65. The van der Waals surface area contributed by atoms with Crippen LogP contribution in [0.5, 0.6) is 5.75 Å². The van der Waals surface area contributed by atoms with E-state index in [1.165, 1.54) is 19.1 Å². The molecule has 0 aliphatic heterocycles. The number of aromatic nitrogens is 1. The van der Waals surface area contributed by atoms with Crippen molar-refractivity contribution in [2.45, 2.75) is 93.8 Å². The molecule has 1 aromatic heterocycles. The fourth-order valence-corrected chi connectivity index (χ4v) is 7.88. The summed E-state index contributed by atoms with van der Waals surface area (Å²) in [4.78, 5) is 99.1. The maximum absolute atomic E-state index is 14.6. The van der Waals surface area contributed by atoms with E-state index in [0.717, 1.165) is 16.5 Å². The number of aliphatic hydroxyl groups excluding tert-OH is 1. The number of nitrogens with two attached hydrogens (primary N) is 2. The van der Waals surface area contributed by atoms with Gasteiger partial charge in [-0.1, -0.05) is 91.0 Å². The Morgan fingerprint density at radius 1 is 0.586 bits per heavy atom. The summed E-state index contributed by atoms with van der Waals surface area (Å²) in [5.41, 5.74) is 15.3. The summed E-state index contributed by atoms with van der Waals surface area (Å²) in [5, 5.41) is 46.9. The molecule has 1 heterocycles. The Hall–Kier alpha value is -7.26. The minimum absolute atomic E-state index is 0.0462. The van der Waals surface area contributed by atoms with Gasteiger partial charge in [-0.05, 0) is 73.2 Å². The van der Waals surface area contributed by atoms with E-state index < -0.39 is 89.8 Å². The van der Waals surface area contributed by atoms with Crippen LogP contribution >= 0.6 is 12.6 Å². The lowest BCUT2D eigenvalue weighted by Crippen LogP contribution is -2.61. The number of rotatable bonds is 26. The van der Waals surface area contributed by atoms with Crippen molar-refractivity contribution in [3.05, 3.63) is 138 Å². The average Bonchev–Trinajstić information content (AvgIpc) is 3.76. The normalized spacial score (nSPS) is 14.6. The number of phenolic OH excluding ortho intramolecular Hbond substituents is 1. The molecule has 6 amide bonds. The summed E-state index contributed by atoms with van der Waals surface area (Å²) in [7, 11) is 0. The van der Waals surface area contributed by atoms with Gasteiger partial charge in [0.1, 0.15) is 42.0 Å². The largest absolute Gasteiger partial charge is 0.508 e. The molecule has 0 fully saturated rings. The van der Waals surface area contributed by atoms with Crippen LogP contribution in [0.3, 0.4) is 0 Å². The second-order valence-electron chi connectivity index (χ2n) is 16.9. The molecule has 0 aliphatic rings. The zero-order valence-electron chi connectivity index (χ0n) is 38.5. The van der Waals surface area contributed by atoms with Crippen LogP contribution in [0.15, 0.2) is 115 Å². The van der Waals surface area contributed by atoms with E-state index in [-0.39, 0.29) is 56.6 Å². The zero-order chi connectivity index (χ0) is 50.7. The highest BCUT2D eigenvalue weighted by atomic mass is 32.1. The van der Waals surface area contributed by atoms with Gasteiger partial charge in [-0.2, -0.15) is 12.6 Å². The number of H-pyrrole nitrogens is 1. The number of aromatic amines is 1. The Balaban J connectivity index is 1.39. The topological polar surface area (TPSA) is 320 Å². The number of thiol groups is 1. The molecule has 0 saturated carbocycles. The first-order valence-electron chi connectivity index (χ1n) is 22.8. The molecule has 19 nitrogen and oxygen atoms in total. The lowest BCUT2D eigenvalue weighted by Gasteiger charge is -2.28. The summed E-state index contributed by atoms with van der Waals surface area (Å²) in [6.07, 6.45) is 0.148. The lowest BCUT2D eigenvalue weighted by atomic mass is 10.0. The van der Waals surface area contributed by atoms with Gasteiger partial charge in [-0.3, -0.25) is 28.8 Å². The van der Waals surface area contributed by atoms with E-state index in [0.29, 0.717) is 16.7 Å². The van der Waals surface area contributed by atoms with Crippen LogP contribution in [0.1, 0.15) is 42.0 Å². The van der Waals surface area contributed by atoms with Gasteiger partial charge in [0.2, 0.25) is 35.4 Å². The number of benzene rings is 4. The van der Waals surface area contributed by atoms with Crippen LogP contribution < -0.4 is 43.4 Å². The maximum atomic E-state index is 14.6. The Kier molecular flexibility index (Phi) is 20.3. The molecular weight excluding hydrogens is 919 g/mol.